The van der Waals surface area contributed by atoms with Gasteiger partial charge in [0.25, 0.3) is 5.91 Å². The lowest BCUT2D eigenvalue weighted by molar-refractivity contribution is 0.0593. The average Bonchev–Trinajstić information content (AvgIpc) is 2.61. The minimum atomic E-state index is -3.75. The first-order chi connectivity index (χ1) is 11.9. The summed E-state index contributed by atoms with van der Waals surface area (Å²) >= 11 is 0. The van der Waals surface area contributed by atoms with E-state index in [1.165, 1.54) is 19.2 Å². The van der Waals surface area contributed by atoms with Crippen LogP contribution in [0.1, 0.15) is 32.8 Å². The summed E-state index contributed by atoms with van der Waals surface area (Å²) in [6, 6.07) is 12.1. The molecule has 0 aliphatic heterocycles. The number of pyridine rings is 1. The van der Waals surface area contributed by atoms with Crippen LogP contribution in [0.3, 0.4) is 0 Å². The molecule has 25 heavy (non-hydrogen) atoms. The van der Waals surface area contributed by atoms with Gasteiger partial charge in [-0.25, -0.2) is 22.9 Å². The number of aromatic nitrogens is 1. The van der Waals surface area contributed by atoms with Crippen molar-refractivity contribution >= 4 is 21.9 Å². The fourth-order valence-electron chi connectivity index (χ4n) is 2.12. The molecule has 0 fully saturated rings. The number of hydrogen-bond donors (Lipinski definition) is 1. The number of sulfonamides is 1. The Morgan fingerprint density at radius 3 is 2.44 bits per heavy atom. The second-order valence-electron chi connectivity index (χ2n) is 5.26. The smallest absolute Gasteiger partial charge is 0.356 e. The molecule has 2 rings (SSSR count). The van der Waals surface area contributed by atoms with Gasteiger partial charge in [0.2, 0.25) is 10.0 Å². The molecule has 1 aromatic heterocycles. The second-order valence-corrected chi connectivity index (χ2v) is 7.10. The van der Waals surface area contributed by atoms with Gasteiger partial charge >= 0.3 is 5.97 Å². The highest BCUT2D eigenvalue weighted by atomic mass is 32.2. The number of hydrogen-bond acceptors (Lipinski definition) is 6. The fraction of sp³-hybridized carbons (Fsp3) is 0.235. The van der Waals surface area contributed by atoms with Crippen LogP contribution in [0.25, 0.3) is 0 Å². The number of rotatable bonds is 7. The van der Waals surface area contributed by atoms with Crippen LogP contribution < -0.4 is 4.72 Å². The Bertz CT molecular complexity index is 833. The van der Waals surface area contributed by atoms with Crippen molar-refractivity contribution in [3.05, 3.63) is 65.5 Å². The van der Waals surface area contributed by atoms with Gasteiger partial charge in [0, 0.05) is 6.20 Å². The number of benzene rings is 1. The number of carbonyl (C=O) groups excluding carboxylic acids is 2. The molecule has 0 atom stereocenters. The highest BCUT2D eigenvalue weighted by molar-refractivity contribution is 7.90. The van der Waals surface area contributed by atoms with Gasteiger partial charge in [-0.2, -0.15) is 0 Å². The summed E-state index contributed by atoms with van der Waals surface area (Å²) < 4.78 is 30.5. The van der Waals surface area contributed by atoms with E-state index < -0.39 is 21.9 Å². The number of esters is 1. The van der Waals surface area contributed by atoms with Crippen molar-refractivity contribution in [1.82, 2.24) is 9.71 Å². The number of methoxy groups -OCH3 is 1. The van der Waals surface area contributed by atoms with Crippen LogP contribution in [0.15, 0.2) is 48.7 Å². The van der Waals surface area contributed by atoms with Gasteiger partial charge < -0.3 is 4.74 Å². The minimum Gasteiger partial charge on any atom is -0.464 e. The van der Waals surface area contributed by atoms with Crippen LogP contribution >= 0.6 is 0 Å². The zero-order valence-corrected chi connectivity index (χ0v) is 14.5. The summed E-state index contributed by atoms with van der Waals surface area (Å²) in [5.74, 6) is -1.59. The molecule has 1 heterocycles. The summed E-state index contributed by atoms with van der Waals surface area (Å²) in [5.41, 5.74) is 1.11. The lowest BCUT2D eigenvalue weighted by atomic mass is 10.1. The molecule has 0 saturated carbocycles. The van der Waals surface area contributed by atoms with Crippen molar-refractivity contribution in [2.45, 2.75) is 12.8 Å². The highest BCUT2D eigenvalue weighted by Crippen LogP contribution is 2.05. The standard InChI is InChI=1S/C17H18N2O5S/c1-24-17(21)15-10-9-14(12-18-15)16(20)19-25(22,23)11-5-8-13-6-3-2-4-7-13/h2-4,6-7,9-10,12H,5,8,11H2,1H3,(H,19,20). The molecule has 2 aromatic rings. The Balaban J connectivity index is 1.90. The Labute approximate surface area is 146 Å². The van der Waals surface area contributed by atoms with Gasteiger partial charge in [0.05, 0.1) is 18.4 Å². The predicted molar refractivity (Wildman–Crippen MR) is 91.6 cm³/mol. The van der Waals surface area contributed by atoms with Crippen molar-refractivity contribution < 1.29 is 22.7 Å². The third-order valence-corrected chi connectivity index (χ3v) is 4.71. The van der Waals surface area contributed by atoms with E-state index in [0.717, 1.165) is 11.8 Å². The van der Waals surface area contributed by atoms with Crippen LogP contribution in [-0.2, 0) is 21.2 Å². The Kier molecular flexibility index (Phi) is 6.24. The number of ether oxygens (including phenoxy) is 1. The van der Waals surface area contributed by atoms with Gasteiger partial charge in [-0.3, -0.25) is 4.79 Å². The molecule has 0 radical (unpaired) electrons. The molecule has 1 aromatic carbocycles. The van der Waals surface area contributed by atoms with Gasteiger partial charge in [-0.15, -0.1) is 0 Å². The van der Waals surface area contributed by atoms with Crippen LogP contribution in [0, 0.1) is 0 Å². The van der Waals surface area contributed by atoms with Crippen molar-refractivity contribution in [3.63, 3.8) is 0 Å². The Morgan fingerprint density at radius 2 is 1.84 bits per heavy atom. The Morgan fingerprint density at radius 1 is 1.12 bits per heavy atom. The first kappa shape index (κ1) is 18.6. The van der Waals surface area contributed by atoms with E-state index in [1.807, 2.05) is 35.1 Å². The summed E-state index contributed by atoms with van der Waals surface area (Å²) in [6.45, 7) is 0. The average molecular weight is 362 g/mol. The molecule has 0 aliphatic rings. The second kappa shape index (κ2) is 8.39. The van der Waals surface area contributed by atoms with Crippen LogP contribution in [0.4, 0.5) is 0 Å². The molecule has 132 valence electrons. The monoisotopic (exact) mass is 362 g/mol. The van der Waals surface area contributed by atoms with E-state index in [-0.39, 0.29) is 17.0 Å². The quantitative estimate of drug-likeness (QED) is 0.750. The van der Waals surface area contributed by atoms with Crippen LogP contribution in [0.2, 0.25) is 0 Å². The lowest BCUT2D eigenvalue weighted by Crippen LogP contribution is -2.32. The molecule has 1 amide bonds. The summed E-state index contributed by atoms with van der Waals surface area (Å²) in [6.07, 6.45) is 2.12. The number of nitrogens with zero attached hydrogens (tertiary/aromatic N) is 1. The lowest BCUT2D eigenvalue weighted by Gasteiger charge is -2.07. The van der Waals surface area contributed by atoms with Crippen LogP contribution in [0.5, 0.6) is 0 Å². The number of aryl methyl sites for hydroxylation is 1. The number of nitrogens with one attached hydrogen (secondary N) is 1. The molecular formula is C17H18N2O5S. The summed E-state index contributed by atoms with van der Waals surface area (Å²) in [4.78, 5) is 27.0. The maximum absolute atomic E-state index is 12.0. The maximum Gasteiger partial charge on any atom is 0.356 e. The molecule has 8 heteroatoms. The minimum absolute atomic E-state index is 0.0322. The van der Waals surface area contributed by atoms with Gasteiger partial charge in [0.15, 0.2) is 0 Å². The van der Waals surface area contributed by atoms with E-state index in [0.29, 0.717) is 12.8 Å². The SMILES string of the molecule is COC(=O)c1ccc(C(=O)NS(=O)(=O)CCCc2ccccc2)cn1. The van der Waals surface area contributed by atoms with E-state index in [2.05, 4.69) is 9.72 Å². The number of amides is 1. The van der Waals surface area contributed by atoms with Crippen molar-refractivity contribution in [3.8, 4) is 0 Å². The zero-order chi connectivity index (χ0) is 18.3. The Hall–Kier alpha value is -2.74. The third kappa shape index (κ3) is 5.68. The van der Waals surface area contributed by atoms with E-state index >= 15 is 0 Å². The molecule has 0 unspecified atom stereocenters. The van der Waals surface area contributed by atoms with Gasteiger partial charge in [0.1, 0.15) is 5.69 Å². The molecule has 1 N–H and O–H groups in total. The van der Waals surface area contributed by atoms with E-state index in [4.69, 9.17) is 0 Å². The topological polar surface area (TPSA) is 102 Å². The first-order valence-electron chi connectivity index (χ1n) is 7.54. The zero-order valence-electron chi connectivity index (χ0n) is 13.6. The molecule has 0 aliphatic carbocycles. The normalized spacial score (nSPS) is 10.9. The maximum atomic E-state index is 12.0. The predicted octanol–water partition coefficient (Wildman–Crippen LogP) is 1.56. The summed E-state index contributed by atoms with van der Waals surface area (Å²) in [7, 11) is -2.53. The van der Waals surface area contributed by atoms with Crippen LogP contribution in [-0.4, -0.2) is 38.1 Å². The van der Waals surface area contributed by atoms with Crippen molar-refractivity contribution in [1.29, 1.82) is 0 Å². The largest absolute Gasteiger partial charge is 0.464 e. The summed E-state index contributed by atoms with van der Waals surface area (Å²) in [5, 5.41) is 0. The molecule has 7 nitrogen and oxygen atoms in total. The van der Waals surface area contributed by atoms with Gasteiger partial charge in [-0.05, 0) is 30.5 Å². The molecule has 0 bridgehead atoms. The first-order valence-corrected chi connectivity index (χ1v) is 9.19. The molecule has 0 saturated heterocycles. The molecule has 0 spiro atoms. The van der Waals surface area contributed by atoms with Gasteiger partial charge in [-0.1, -0.05) is 30.3 Å². The number of carbonyl (C=O) groups is 2. The highest BCUT2D eigenvalue weighted by Gasteiger charge is 2.17. The third-order valence-electron chi connectivity index (χ3n) is 3.39. The van der Waals surface area contributed by atoms with Crippen molar-refractivity contribution in [2.24, 2.45) is 0 Å². The molecular weight excluding hydrogens is 344 g/mol. The van der Waals surface area contributed by atoms with E-state index in [1.54, 1.807) is 0 Å². The fourth-order valence-corrected chi connectivity index (χ4v) is 3.14. The van der Waals surface area contributed by atoms with Crippen molar-refractivity contribution in [2.75, 3.05) is 12.9 Å². The van der Waals surface area contributed by atoms with E-state index in [9.17, 15) is 18.0 Å².